The third kappa shape index (κ3) is 2.63. The van der Waals surface area contributed by atoms with Crippen LogP contribution in [0.2, 0.25) is 0 Å². The van der Waals surface area contributed by atoms with Crippen LogP contribution in [0.4, 0.5) is 4.39 Å². The van der Waals surface area contributed by atoms with E-state index in [0.717, 1.165) is 29.8 Å². The van der Waals surface area contributed by atoms with Gasteiger partial charge >= 0.3 is 0 Å². The summed E-state index contributed by atoms with van der Waals surface area (Å²) >= 11 is 1.77. The van der Waals surface area contributed by atoms with E-state index >= 15 is 0 Å². The second-order valence-electron chi connectivity index (χ2n) is 5.34. The van der Waals surface area contributed by atoms with Crippen molar-refractivity contribution in [3.63, 3.8) is 0 Å². The summed E-state index contributed by atoms with van der Waals surface area (Å²) < 4.78 is 13.2. The standard InChI is InChI=1S/C16H19FN2S/c1-3-13-9-18-16(20-13)10(2)19-15-7-4-11-8-12(17)5-6-14(11)15/h5-6,8-10,15,19H,3-4,7H2,1-2H3. The van der Waals surface area contributed by atoms with Crippen LogP contribution in [0.25, 0.3) is 0 Å². The van der Waals surface area contributed by atoms with E-state index in [1.807, 2.05) is 12.3 Å². The highest BCUT2D eigenvalue weighted by molar-refractivity contribution is 7.11. The maximum atomic E-state index is 13.2. The van der Waals surface area contributed by atoms with E-state index in [2.05, 4.69) is 24.1 Å². The first-order valence-electron chi connectivity index (χ1n) is 7.16. The Hall–Kier alpha value is -1.26. The largest absolute Gasteiger partial charge is 0.301 e. The fourth-order valence-electron chi connectivity index (χ4n) is 2.82. The van der Waals surface area contributed by atoms with Gasteiger partial charge < -0.3 is 5.32 Å². The summed E-state index contributed by atoms with van der Waals surface area (Å²) in [6.45, 7) is 4.30. The van der Waals surface area contributed by atoms with E-state index in [0.29, 0.717) is 6.04 Å². The van der Waals surface area contributed by atoms with Crippen LogP contribution in [0.5, 0.6) is 0 Å². The Morgan fingerprint density at radius 1 is 1.50 bits per heavy atom. The van der Waals surface area contributed by atoms with Crippen molar-refractivity contribution in [3.05, 3.63) is 51.2 Å². The fourth-order valence-corrected chi connectivity index (χ4v) is 3.69. The van der Waals surface area contributed by atoms with Crippen LogP contribution in [0, 0.1) is 5.82 Å². The molecule has 1 aromatic carbocycles. The third-order valence-corrected chi connectivity index (χ3v) is 5.25. The lowest BCUT2D eigenvalue weighted by Gasteiger charge is -2.18. The van der Waals surface area contributed by atoms with Gasteiger partial charge in [0.15, 0.2) is 0 Å². The number of halogens is 1. The van der Waals surface area contributed by atoms with Gasteiger partial charge in [-0.1, -0.05) is 13.0 Å². The molecule has 0 aliphatic heterocycles. The van der Waals surface area contributed by atoms with Gasteiger partial charge in [0.05, 0.1) is 6.04 Å². The van der Waals surface area contributed by atoms with E-state index in [9.17, 15) is 4.39 Å². The first kappa shape index (κ1) is 13.7. The molecule has 1 N–H and O–H groups in total. The molecule has 0 spiro atoms. The molecule has 106 valence electrons. The van der Waals surface area contributed by atoms with Gasteiger partial charge in [-0.3, -0.25) is 0 Å². The molecule has 1 aliphatic carbocycles. The van der Waals surface area contributed by atoms with Gasteiger partial charge in [-0.05, 0) is 49.4 Å². The molecule has 20 heavy (non-hydrogen) atoms. The first-order chi connectivity index (χ1) is 9.67. The molecule has 1 heterocycles. The Labute approximate surface area is 123 Å². The highest BCUT2D eigenvalue weighted by Crippen LogP contribution is 2.34. The molecule has 0 saturated heterocycles. The summed E-state index contributed by atoms with van der Waals surface area (Å²) in [4.78, 5) is 5.82. The molecule has 2 atom stereocenters. The predicted octanol–water partition coefficient (Wildman–Crippen LogP) is 4.18. The molecule has 0 amide bonds. The normalized spacial score (nSPS) is 19.1. The van der Waals surface area contributed by atoms with Crippen molar-refractivity contribution in [3.8, 4) is 0 Å². The monoisotopic (exact) mass is 290 g/mol. The van der Waals surface area contributed by atoms with Gasteiger partial charge in [0.2, 0.25) is 0 Å². The molecule has 2 unspecified atom stereocenters. The number of rotatable bonds is 4. The first-order valence-corrected chi connectivity index (χ1v) is 7.98. The number of nitrogens with one attached hydrogen (secondary N) is 1. The van der Waals surface area contributed by atoms with Crippen molar-refractivity contribution in [2.75, 3.05) is 0 Å². The summed E-state index contributed by atoms with van der Waals surface area (Å²) in [5.74, 6) is -0.134. The number of hydrogen-bond donors (Lipinski definition) is 1. The third-order valence-electron chi connectivity index (χ3n) is 3.92. The average Bonchev–Trinajstić information content (AvgIpc) is 3.05. The quantitative estimate of drug-likeness (QED) is 0.913. The number of aromatic nitrogens is 1. The lowest BCUT2D eigenvalue weighted by Crippen LogP contribution is -2.22. The van der Waals surface area contributed by atoms with Gasteiger partial charge in [0.25, 0.3) is 0 Å². The molecule has 0 bridgehead atoms. The Morgan fingerprint density at radius 2 is 2.35 bits per heavy atom. The Morgan fingerprint density at radius 3 is 3.10 bits per heavy atom. The van der Waals surface area contributed by atoms with Crippen molar-refractivity contribution < 1.29 is 4.39 Å². The van der Waals surface area contributed by atoms with Crippen molar-refractivity contribution in [2.24, 2.45) is 0 Å². The smallest absolute Gasteiger partial charge is 0.123 e. The van der Waals surface area contributed by atoms with Crippen molar-refractivity contribution in [2.45, 2.75) is 45.2 Å². The molecule has 0 fully saturated rings. The number of thiazole rings is 1. The van der Waals surface area contributed by atoms with Crippen LogP contribution < -0.4 is 5.32 Å². The minimum Gasteiger partial charge on any atom is -0.301 e. The van der Waals surface area contributed by atoms with Crippen LogP contribution in [-0.2, 0) is 12.8 Å². The van der Waals surface area contributed by atoms with Gasteiger partial charge in [-0.2, -0.15) is 0 Å². The van der Waals surface area contributed by atoms with Crippen LogP contribution in [0.1, 0.15) is 53.4 Å². The van der Waals surface area contributed by atoms with Crippen LogP contribution in [0.3, 0.4) is 0 Å². The SMILES string of the molecule is CCc1cnc(C(C)NC2CCc3cc(F)ccc32)s1. The highest BCUT2D eigenvalue weighted by atomic mass is 32.1. The molecular weight excluding hydrogens is 271 g/mol. The maximum Gasteiger partial charge on any atom is 0.123 e. The molecule has 4 heteroatoms. The van der Waals surface area contributed by atoms with Crippen LogP contribution in [-0.4, -0.2) is 4.98 Å². The number of benzene rings is 1. The predicted molar refractivity (Wildman–Crippen MR) is 80.5 cm³/mol. The molecule has 3 rings (SSSR count). The van der Waals surface area contributed by atoms with E-state index in [1.165, 1.54) is 10.4 Å². The number of fused-ring (bicyclic) bond motifs is 1. The van der Waals surface area contributed by atoms with E-state index in [4.69, 9.17) is 0 Å². The number of nitrogens with zero attached hydrogens (tertiary/aromatic N) is 1. The maximum absolute atomic E-state index is 13.2. The lowest BCUT2D eigenvalue weighted by molar-refractivity contribution is 0.463. The molecule has 2 nitrogen and oxygen atoms in total. The van der Waals surface area contributed by atoms with Crippen molar-refractivity contribution >= 4 is 11.3 Å². The topological polar surface area (TPSA) is 24.9 Å². The summed E-state index contributed by atoms with van der Waals surface area (Å²) in [6.07, 6.45) is 5.00. The zero-order chi connectivity index (χ0) is 14.1. The zero-order valence-electron chi connectivity index (χ0n) is 11.8. The number of aryl methyl sites for hydroxylation is 2. The molecular formula is C16H19FN2S. The van der Waals surface area contributed by atoms with Crippen molar-refractivity contribution in [1.82, 2.24) is 10.3 Å². The second kappa shape index (κ2) is 5.62. The fraction of sp³-hybridized carbons (Fsp3) is 0.438. The second-order valence-corrected chi connectivity index (χ2v) is 6.49. The molecule has 0 saturated carbocycles. The van der Waals surface area contributed by atoms with Crippen LogP contribution >= 0.6 is 11.3 Å². The van der Waals surface area contributed by atoms with E-state index in [-0.39, 0.29) is 11.9 Å². The summed E-state index contributed by atoms with van der Waals surface area (Å²) in [6, 6.07) is 5.69. The lowest BCUT2D eigenvalue weighted by atomic mass is 10.1. The highest BCUT2D eigenvalue weighted by Gasteiger charge is 2.25. The Kier molecular flexibility index (Phi) is 3.85. The number of hydrogen-bond acceptors (Lipinski definition) is 3. The molecule has 1 aromatic heterocycles. The minimum atomic E-state index is -0.134. The summed E-state index contributed by atoms with van der Waals surface area (Å²) in [7, 11) is 0. The van der Waals surface area contributed by atoms with Gasteiger partial charge in [-0.15, -0.1) is 11.3 Å². The zero-order valence-corrected chi connectivity index (χ0v) is 12.6. The van der Waals surface area contributed by atoms with Gasteiger partial charge in [0, 0.05) is 17.1 Å². The van der Waals surface area contributed by atoms with Crippen molar-refractivity contribution in [1.29, 1.82) is 0 Å². The molecule has 0 radical (unpaired) electrons. The summed E-state index contributed by atoms with van der Waals surface area (Å²) in [5, 5.41) is 4.77. The Bertz CT molecular complexity index is 608. The van der Waals surface area contributed by atoms with E-state index < -0.39 is 0 Å². The summed E-state index contributed by atoms with van der Waals surface area (Å²) in [5.41, 5.74) is 2.38. The molecule has 2 aromatic rings. The van der Waals surface area contributed by atoms with E-state index in [1.54, 1.807) is 23.5 Å². The van der Waals surface area contributed by atoms with Gasteiger partial charge in [-0.25, -0.2) is 9.37 Å². The van der Waals surface area contributed by atoms with Crippen LogP contribution in [0.15, 0.2) is 24.4 Å². The Balaban J connectivity index is 1.73. The minimum absolute atomic E-state index is 0.134. The molecule has 1 aliphatic rings. The average molecular weight is 290 g/mol. The van der Waals surface area contributed by atoms with Gasteiger partial charge in [0.1, 0.15) is 10.8 Å².